The van der Waals surface area contributed by atoms with Gasteiger partial charge in [-0.1, -0.05) is 30.3 Å². The Labute approximate surface area is 153 Å². The third-order valence-corrected chi connectivity index (χ3v) is 5.43. The van der Waals surface area contributed by atoms with Crippen molar-refractivity contribution in [3.8, 4) is 5.75 Å². The van der Waals surface area contributed by atoms with Crippen molar-refractivity contribution in [2.75, 3.05) is 37.4 Å². The van der Waals surface area contributed by atoms with Crippen LogP contribution in [-0.2, 0) is 11.2 Å². The predicted molar refractivity (Wildman–Crippen MR) is 104 cm³/mol. The zero-order valence-corrected chi connectivity index (χ0v) is 15.3. The van der Waals surface area contributed by atoms with Gasteiger partial charge >= 0.3 is 0 Å². The van der Waals surface area contributed by atoms with Gasteiger partial charge in [0, 0.05) is 18.0 Å². The molecule has 4 nitrogen and oxygen atoms in total. The van der Waals surface area contributed by atoms with Crippen molar-refractivity contribution in [3.63, 3.8) is 0 Å². The van der Waals surface area contributed by atoms with E-state index in [0.29, 0.717) is 13.1 Å². The van der Waals surface area contributed by atoms with Crippen LogP contribution in [0.2, 0.25) is 0 Å². The molecule has 1 aliphatic rings. The number of hydrogen-bond acceptors (Lipinski definition) is 4. The molecule has 25 heavy (non-hydrogen) atoms. The predicted octanol–water partition coefficient (Wildman–Crippen LogP) is 3.36. The number of benzene rings is 2. The minimum absolute atomic E-state index is 0.0663. The first kappa shape index (κ1) is 17.7. The van der Waals surface area contributed by atoms with Gasteiger partial charge in [0.1, 0.15) is 5.75 Å². The molecule has 0 bridgehead atoms. The lowest BCUT2D eigenvalue weighted by Crippen LogP contribution is -2.38. The van der Waals surface area contributed by atoms with Crippen LogP contribution in [0.5, 0.6) is 5.75 Å². The molecule has 0 spiro atoms. The van der Waals surface area contributed by atoms with Crippen molar-refractivity contribution >= 4 is 23.4 Å². The summed E-state index contributed by atoms with van der Waals surface area (Å²) in [6, 6.07) is 16.3. The fourth-order valence-corrected chi connectivity index (χ4v) is 4.05. The summed E-state index contributed by atoms with van der Waals surface area (Å²) in [7, 11) is 1.67. The second kappa shape index (κ2) is 8.81. The molecule has 1 heterocycles. The van der Waals surface area contributed by atoms with Gasteiger partial charge in [0.15, 0.2) is 0 Å². The van der Waals surface area contributed by atoms with Crippen molar-refractivity contribution in [2.24, 2.45) is 0 Å². The molecule has 0 saturated carbocycles. The maximum absolute atomic E-state index is 12.4. The second-order valence-electron chi connectivity index (χ2n) is 6.00. The van der Waals surface area contributed by atoms with Gasteiger partial charge in [-0.2, -0.15) is 0 Å². The van der Waals surface area contributed by atoms with Crippen molar-refractivity contribution in [1.82, 2.24) is 5.32 Å². The highest BCUT2D eigenvalue weighted by atomic mass is 32.2. The number of ether oxygens (including phenoxy) is 1. The van der Waals surface area contributed by atoms with Gasteiger partial charge in [-0.05, 0) is 42.4 Å². The van der Waals surface area contributed by atoms with Crippen LogP contribution in [0.15, 0.2) is 53.4 Å². The monoisotopic (exact) mass is 356 g/mol. The molecule has 5 heteroatoms. The summed E-state index contributed by atoms with van der Waals surface area (Å²) in [6.07, 6.45) is 1.86. The molecule has 3 rings (SSSR count). The molecule has 0 unspecified atom stereocenters. The zero-order valence-electron chi connectivity index (χ0n) is 14.5. The first-order chi connectivity index (χ1) is 12.3. The van der Waals surface area contributed by atoms with Crippen molar-refractivity contribution in [2.45, 2.75) is 17.7 Å². The summed E-state index contributed by atoms with van der Waals surface area (Å²) in [5, 5.41) is 3.04. The molecule has 2 aromatic rings. The van der Waals surface area contributed by atoms with Crippen LogP contribution in [0, 0.1) is 0 Å². The fourth-order valence-electron chi connectivity index (χ4n) is 3.04. The SMILES string of the molecule is COc1ccccc1CCNC(=O)CN1CCCSc2ccccc21. The Kier molecular flexibility index (Phi) is 6.23. The molecular formula is C20H24N2O2S. The van der Waals surface area contributed by atoms with Gasteiger partial charge < -0.3 is 15.0 Å². The molecule has 1 N–H and O–H groups in total. The number of nitrogens with zero attached hydrogens (tertiary/aromatic N) is 1. The van der Waals surface area contributed by atoms with E-state index in [1.807, 2.05) is 42.1 Å². The van der Waals surface area contributed by atoms with Gasteiger partial charge in [-0.3, -0.25) is 4.79 Å². The lowest BCUT2D eigenvalue weighted by atomic mass is 10.1. The number of hydrogen-bond donors (Lipinski definition) is 1. The fraction of sp³-hybridized carbons (Fsp3) is 0.350. The Bertz CT molecular complexity index is 720. The highest BCUT2D eigenvalue weighted by Crippen LogP contribution is 2.33. The van der Waals surface area contributed by atoms with Gasteiger partial charge in [0.25, 0.3) is 0 Å². The number of nitrogens with one attached hydrogen (secondary N) is 1. The van der Waals surface area contributed by atoms with Crippen LogP contribution in [0.25, 0.3) is 0 Å². The van der Waals surface area contributed by atoms with E-state index in [1.165, 1.54) is 10.6 Å². The van der Waals surface area contributed by atoms with Crippen LogP contribution in [0.3, 0.4) is 0 Å². The Morgan fingerprint density at radius 2 is 2.00 bits per heavy atom. The minimum atomic E-state index is 0.0663. The van der Waals surface area contributed by atoms with Crippen LogP contribution in [0.1, 0.15) is 12.0 Å². The summed E-state index contributed by atoms with van der Waals surface area (Å²) >= 11 is 1.87. The van der Waals surface area contributed by atoms with Crippen LogP contribution >= 0.6 is 11.8 Å². The standard InChI is InChI=1S/C20H24N2O2S/c1-24-18-9-4-2-7-16(18)11-12-21-20(23)15-22-13-6-14-25-19-10-5-3-8-17(19)22/h2-5,7-10H,6,11-15H2,1H3,(H,21,23). The number of para-hydroxylation sites is 2. The molecular weight excluding hydrogens is 332 g/mol. The van der Waals surface area contributed by atoms with E-state index in [1.54, 1.807) is 7.11 Å². The van der Waals surface area contributed by atoms with Crippen molar-refractivity contribution in [3.05, 3.63) is 54.1 Å². The molecule has 0 radical (unpaired) electrons. The van der Waals surface area contributed by atoms with E-state index in [2.05, 4.69) is 28.4 Å². The number of anilines is 1. The third-order valence-electron chi connectivity index (χ3n) is 4.28. The van der Waals surface area contributed by atoms with Crippen LogP contribution in [-0.4, -0.2) is 38.4 Å². The molecule has 2 aromatic carbocycles. The largest absolute Gasteiger partial charge is 0.496 e. The summed E-state index contributed by atoms with van der Waals surface area (Å²) in [5.74, 6) is 2.04. The first-order valence-electron chi connectivity index (χ1n) is 8.63. The van der Waals surface area contributed by atoms with Gasteiger partial charge in [-0.25, -0.2) is 0 Å². The average molecular weight is 356 g/mol. The maximum Gasteiger partial charge on any atom is 0.239 e. The third kappa shape index (κ3) is 4.69. The number of rotatable bonds is 6. The lowest BCUT2D eigenvalue weighted by Gasteiger charge is -2.23. The quantitative estimate of drug-likeness (QED) is 0.862. The summed E-state index contributed by atoms with van der Waals surface area (Å²) in [5.41, 5.74) is 2.28. The number of amides is 1. The molecule has 0 atom stereocenters. The normalized spacial score (nSPS) is 13.7. The van der Waals surface area contributed by atoms with Gasteiger partial charge in [0.2, 0.25) is 5.91 Å². The molecule has 1 amide bonds. The molecule has 1 aliphatic heterocycles. The highest BCUT2D eigenvalue weighted by molar-refractivity contribution is 7.99. The second-order valence-corrected chi connectivity index (χ2v) is 7.14. The Morgan fingerprint density at radius 1 is 1.20 bits per heavy atom. The lowest BCUT2D eigenvalue weighted by molar-refractivity contribution is -0.119. The van der Waals surface area contributed by atoms with Gasteiger partial charge in [0.05, 0.1) is 19.3 Å². The van der Waals surface area contributed by atoms with Crippen molar-refractivity contribution in [1.29, 1.82) is 0 Å². The number of carbonyl (C=O) groups excluding carboxylic acids is 1. The average Bonchev–Trinajstić information content (AvgIpc) is 2.85. The molecule has 0 fully saturated rings. The van der Waals surface area contributed by atoms with E-state index in [0.717, 1.165) is 36.5 Å². The maximum atomic E-state index is 12.4. The van der Waals surface area contributed by atoms with Crippen LogP contribution in [0.4, 0.5) is 5.69 Å². The first-order valence-corrected chi connectivity index (χ1v) is 9.62. The van der Waals surface area contributed by atoms with E-state index in [-0.39, 0.29) is 5.91 Å². The highest BCUT2D eigenvalue weighted by Gasteiger charge is 2.17. The van der Waals surface area contributed by atoms with Crippen LogP contribution < -0.4 is 15.0 Å². The Morgan fingerprint density at radius 3 is 2.88 bits per heavy atom. The minimum Gasteiger partial charge on any atom is -0.496 e. The molecule has 0 aliphatic carbocycles. The summed E-state index contributed by atoms with van der Waals surface area (Å²) < 4.78 is 5.35. The number of thioether (sulfide) groups is 1. The van der Waals surface area contributed by atoms with E-state index < -0.39 is 0 Å². The molecule has 0 saturated heterocycles. The van der Waals surface area contributed by atoms with E-state index in [4.69, 9.17) is 4.74 Å². The van der Waals surface area contributed by atoms with Crippen molar-refractivity contribution < 1.29 is 9.53 Å². The Balaban J connectivity index is 1.54. The summed E-state index contributed by atoms with van der Waals surface area (Å²) in [6.45, 7) is 1.94. The molecule has 0 aromatic heterocycles. The van der Waals surface area contributed by atoms with E-state index >= 15 is 0 Å². The molecule has 132 valence electrons. The number of fused-ring (bicyclic) bond motifs is 1. The smallest absolute Gasteiger partial charge is 0.239 e. The summed E-state index contributed by atoms with van der Waals surface area (Å²) in [4.78, 5) is 15.8. The zero-order chi connectivity index (χ0) is 17.5. The number of methoxy groups -OCH3 is 1. The number of carbonyl (C=O) groups is 1. The van der Waals surface area contributed by atoms with Gasteiger partial charge in [-0.15, -0.1) is 11.8 Å². The Hall–Kier alpha value is -2.14. The van der Waals surface area contributed by atoms with E-state index in [9.17, 15) is 4.79 Å². The topological polar surface area (TPSA) is 41.6 Å².